The fourth-order valence-electron chi connectivity index (χ4n) is 4.10. The van der Waals surface area contributed by atoms with Crippen molar-refractivity contribution in [3.63, 3.8) is 0 Å². The first-order chi connectivity index (χ1) is 15.3. The molecule has 0 amide bonds. The third-order valence-corrected chi connectivity index (χ3v) is 5.98. The van der Waals surface area contributed by atoms with E-state index < -0.39 is 17.8 Å². The summed E-state index contributed by atoms with van der Waals surface area (Å²) in [4.78, 5) is 8.05. The molecule has 5 rings (SSSR count). The van der Waals surface area contributed by atoms with Gasteiger partial charge in [-0.25, -0.2) is 9.67 Å². The van der Waals surface area contributed by atoms with E-state index in [1.807, 2.05) is 13.8 Å². The number of hydrogen-bond donors (Lipinski definition) is 2. The van der Waals surface area contributed by atoms with Gasteiger partial charge in [-0.05, 0) is 20.3 Å². The Morgan fingerprint density at radius 1 is 1.28 bits per heavy atom. The molecule has 3 aliphatic rings. The summed E-state index contributed by atoms with van der Waals surface area (Å²) in [5, 5.41) is 19.9. The zero-order valence-electron chi connectivity index (χ0n) is 17.5. The number of nitrogens with zero attached hydrogens (tertiary/aromatic N) is 5. The molecule has 4 heterocycles. The minimum Gasteiger partial charge on any atom is -0.487 e. The number of hydrogen-bond acceptors (Lipinski definition) is 8. The lowest BCUT2D eigenvalue weighted by atomic mass is 10.0. The molecule has 0 aromatic carbocycles. The second-order valence-corrected chi connectivity index (χ2v) is 8.62. The minimum absolute atomic E-state index is 0.0105. The van der Waals surface area contributed by atoms with Crippen LogP contribution in [0.3, 0.4) is 0 Å². The fourth-order valence-corrected chi connectivity index (χ4v) is 4.10. The molecule has 0 spiro atoms. The first-order valence-electron chi connectivity index (χ1n) is 10.5. The van der Waals surface area contributed by atoms with Gasteiger partial charge in [0.15, 0.2) is 11.6 Å². The molecule has 2 fully saturated rings. The van der Waals surface area contributed by atoms with Gasteiger partial charge in [0.25, 0.3) is 0 Å². The van der Waals surface area contributed by atoms with Crippen molar-refractivity contribution in [1.29, 1.82) is 5.26 Å². The first kappa shape index (κ1) is 20.8. The Labute approximate surface area is 181 Å². The van der Waals surface area contributed by atoms with Crippen molar-refractivity contribution in [3.05, 3.63) is 17.5 Å². The summed E-state index contributed by atoms with van der Waals surface area (Å²) < 4.78 is 54.2. The Bertz CT molecular complexity index is 1080. The topological polar surface area (TPSA) is 110 Å². The van der Waals surface area contributed by atoms with E-state index in [-0.39, 0.29) is 48.8 Å². The number of aromatic nitrogens is 4. The quantitative estimate of drug-likeness (QED) is 0.717. The lowest BCUT2D eigenvalue weighted by molar-refractivity contribution is -0.137. The van der Waals surface area contributed by atoms with Gasteiger partial charge in [-0.15, -0.1) is 0 Å². The van der Waals surface area contributed by atoms with Gasteiger partial charge in [-0.2, -0.15) is 28.5 Å². The van der Waals surface area contributed by atoms with Crippen LogP contribution in [0.25, 0.3) is 0 Å². The molecule has 2 N–H and O–H groups in total. The highest BCUT2D eigenvalue weighted by atomic mass is 19.4. The van der Waals surface area contributed by atoms with E-state index in [0.717, 1.165) is 6.20 Å². The van der Waals surface area contributed by atoms with Gasteiger partial charge < -0.3 is 20.1 Å². The number of nitriles is 1. The van der Waals surface area contributed by atoms with Crippen LogP contribution in [0, 0.1) is 23.2 Å². The average Bonchev–Trinajstić information content (AvgIpc) is 3.25. The molecular weight excluding hydrogens is 427 g/mol. The molecule has 1 unspecified atom stereocenters. The highest BCUT2D eigenvalue weighted by Gasteiger charge is 2.45. The van der Waals surface area contributed by atoms with Crippen molar-refractivity contribution in [1.82, 2.24) is 19.7 Å². The largest absolute Gasteiger partial charge is 0.487 e. The van der Waals surface area contributed by atoms with Crippen LogP contribution in [0.2, 0.25) is 0 Å². The molecule has 1 saturated carbocycles. The van der Waals surface area contributed by atoms with Gasteiger partial charge in [0.05, 0.1) is 37.8 Å². The van der Waals surface area contributed by atoms with Crippen LogP contribution in [0.4, 0.5) is 30.8 Å². The summed E-state index contributed by atoms with van der Waals surface area (Å²) >= 11 is 0. The lowest BCUT2D eigenvalue weighted by Gasteiger charge is -2.21. The Balaban J connectivity index is 1.63. The summed E-state index contributed by atoms with van der Waals surface area (Å²) in [6, 6.07) is 1.79. The highest BCUT2D eigenvalue weighted by Crippen LogP contribution is 2.52. The maximum absolute atomic E-state index is 13.6. The van der Waals surface area contributed by atoms with Crippen LogP contribution in [0.15, 0.2) is 6.20 Å². The summed E-state index contributed by atoms with van der Waals surface area (Å²) in [5.74, 6) is 0.264. The van der Waals surface area contributed by atoms with Crippen molar-refractivity contribution in [2.45, 2.75) is 44.4 Å². The van der Waals surface area contributed by atoms with Crippen molar-refractivity contribution >= 4 is 17.6 Å². The molecule has 2 aromatic heterocycles. The number of rotatable bonds is 2. The Morgan fingerprint density at radius 2 is 2.09 bits per heavy atom. The zero-order valence-corrected chi connectivity index (χ0v) is 17.5. The number of halogens is 3. The van der Waals surface area contributed by atoms with Crippen LogP contribution in [0.1, 0.15) is 43.5 Å². The highest BCUT2D eigenvalue weighted by molar-refractivity contribution is 5.63. The predicted octanol–water partition coefficient (Wildman–Crippen LogP) is 3.46. The predicted molar refractivity (Wildman–Crippen MR) is 107 cm³/mol. The van der Waals surface area contributed by atoms with Crippen molar-refractivity contribution < 1.29 is 22.6 Å². The second-order valence-electron chi connectivity index (χ2n) is 8.62. The molecule has 2 aliphatic heterocycles. The molecule has 12 heteroatoms. The van der Waals surface area contributed by atoms with E-state index in [4.69, 9.17) is 14.6 Å². The molecule has 32 heavy (non-hydrogen) atoms. The van der Waals surface area contributed by atoms with Crippen LogP contribution in [-0.4, -0.2) is 45.6 Å². The molecule has 9 nitrogen and oxygen atoms in total. The molecule has 4 atom stereocenters. The number of fused-ring (bicyclic) bond motifs is 4. The summed E-state index contributed by atoms with van der Waals surface area (Å²) in [5.41, 5.74) is -0.274. The fraction of sp³-hybridized carbons (Fsp3) is 0.600. The van der Waals surface area contributed by atoms with Crippen LogP contribution < -0.4 is 15.4 Å². The maximum Gasteiger partial charge on any atom is 0.421 e. The van der Waals surface area contributed by atoms with Gasteiger partial charge in [0, 0.05) is 24.1 Å². The molecule has 170 valence electrons. The number of nitrogens with one attached hydrogen (secondary N) is 2. The van der Waals surface area contributed by atoms with E-state index in [1.54, 1.807) is 4.68 Å². The third-order valence-electron chi connectivity index (χ3n) is 5.98. The van der Waals surface area contributed by atoms with Crippen LogP contribution in [0.5, 0.6) is 5.75 Å². The van der Waals surface area contributed by atoms with E-state index >= 15 is 0 Å². The van der Waals surface area contributed by atoms with Gasteiger partial charge in [-0.1, -0.05) is 0 Å². The zero-order chi connectivity index (χ0) is 22.6. The van der Waals surface area contributed by atoms with Gasteiger partial charge >= 0.3 is 6.18 Å². The Kier molecular flexibility index (Phi) is 4.88. The summed E-state index contributed by atoms with van der Waals surface area (Å²) in [6.07, 6.45) is -3.15. The molecule has 0 radical (unpaired) electrons. The first-order valence-corrected chi connectivity index (χ1v) is 10.5. The van der Waals surface area contributed by atoms with Crippen molar-refractivity contribution in [2.75, 3.05) is 30.5 Å². The second kappa shape index (κ2) is 7.51. The van der Waals surface area contributed by atoms with Gasteiger partial charge in [-0.3, -0.25) is 0 Å². The smallest absolute Gasteiger partial charge is 0.421 e. The molecule has 1 aliphatic carbocycles. The van der Waals surface area contributed by atoms with Crippen LogP contribution in [-0.2, 0) is 10.9 Å². The molecular formula is C20H22F3N7O2. The summed E-state index contributed by atoms with van der Waals surface area (Å²) in [7, 11) is 0. The molecule has 1 saturated heterocycles. The summed E-state index contributed by atoms with van der Waals surface area (Å²) in [6.45, 7) is 4.66. The molecule has 2 bridgehead atoms. The van der Waals surface area contributed by atoms with Crippen molar-refractivity contribution in [2.24, 2.45) is 11.8 Å². The standard InChI is InChI=1S/C20H22F3N7O2/c1-9(2)30-18-16(15(29-30)12-3-10(12)4-24)32-7-11-6-31-8-14(11)26-17-13(20(21,22)23)5-25-19(27-17)28-18/h5,9-12,14H,3,6-8H2,1-2H3,(H2,25,26,27,28)/t10-,11+,12?,14-/m1/s1. The average molecular weight is 449 g/mol. The number of alkyl halides is 3. The lowest BCUT2D eigenvalue weighted by Crippen LogP contribution is -2.33. The van der Waals surface area contributed by atoms with Gasteiger partial charge in [0.2, 0.25) is 5.95 Å². The third kappa shape index (κ3) is 3.60. The number of anilines is 3. The van der Waals surface area contributed by atoms with E-state index in [1.165, 1.54) is 0 Å². The van der Waals surface area contributed by atoms with E-state index in [9.17, 15) is 18.4 Å². The minimum atomic E-state index is -4.61. The SMILES string of the molecule is CC(C)n1nc(C2C[C@@H]2C#N)c2c1Nc1ncc(C(F)(F)F)c(n1)N[C@@H]1COC[C@H]1CO2. The maximum atomic E-state index is 13.6. The Hall–Kier alpha value is -3.07. The van der Waals surface area contributed by atoms with Gasteiger partial charge in [0.1, 0.15) is 17.1 Å². The van der Waals surface area contributed by atoms with E-state index in [0.29, 0.717) is 30.3 Å². The normalized spacial score (nSPS) is 26.7. The Morgan fingerprint density at radius 3 is 2.78 bits per heavy atom. The van der Waals surface area contributed by atoms with Crippen molar-refractivity contribution in [3.8, 4) is 11.8 Å². The molecule has 2 aromatic rings. The van der Waals surface area contributed by atoms with Crippen LogP contribution >= 0.6 is 0 Å². The number of ether oxygens (including phenoxy) is 2. The monoisotopic (exact) mass is 449 g/mol. The van der Waals surface area contributed by atoms with E-state index in [2.05, 4.69) is 26.7 Å².